The molecule has 0 aliphatic carbocycles. The lowest BCUT2D eigenvalue weighted by atomic mass is 10.1. The second-order valence-electron chi connectivity index (χ2n) is 4.76. The van der Waals surface area contributed by atoms with Crippen molar-refractivity contribution >= 4 is 27.3 Å². The molecule has 0 bridgehead atoms. The summed E-state index contributed by atoms with van der Waals surface area (Å²) in [6.07, 6.45) is 1.08. The molecule has 0 saturated heterocycles. The molecule has 0 fully saturated rings. The summed E-state index contributed by atoms with van der Waals surface area (Å²) in [6.45, 7) is 2.15. The molecule has 0 radical (unpaired) electrons. The Balaban J connectivity index is 1.98. The highest BCUT2D eigenvalue weighted by molar-refractivity contribution is 7.88. The predicted octanol–water partition coefficient (Wildman–Crippen LogP) is 1.40. The van der Waals surface area contributed by atoms with Crippen LogP contribution in [0.25, 0.3) is 11.3 Å². The molecule has 1 amide bonds. The number of nitrogens with one attached hydrogen (secondary N) is 2. The summed E-state index contributed by atoms with van der Waals surface area (Å²) in [5, 5.41) is 6.64. The first-order chi connectivity index (χ1) is 10.4. The summed E-state index contributed by atoms with van der Waals surface area (Å²) < 4.78 is 24.1. The van der Waals surface area contributed by atoms with Crippen LogP contribution in [0, 0.1) is 6.92 Å². The standard InChI is InChI=1S/C14H17N3O3S2/c1-10-12(14(18)15-6-7-16-22(2,19)20)3-4-13(17-10)11-5-8-21-9-11/h3-5,8-9,16H,6-7H2,1-2H3,(H,15,18). The molecule has 2 heterocycles. The lowest BCUT2D eigenvalue weighted by Crippen LogP contribution is -2.34. The van der Waals surface area contributed by atoms with Crippen LogP contribution in [0.3, 0.4) is 0 Å². The van der Waals surface area contributed by atoms with Gasteiger partial charge in [-0.3, -0.25) is 9.78 Å². The average molecular weight is 339 g/mol. The summed E-state index contributed by atoms with van der Waals surface area (Å²) in [5.41, 5.74) is 2.97. The molecule has 6 nitrogen and oxygen atoms in total. The Morgan fingerprint density at radius 1 is 1.27 bits per heavy atom. The average Bonchev–Trinajstić information content (AvgIpc) is 2.96. The maximum atomic E-state index is 12.1. The maximum absolute atomic E-state index is 12.1. The Bertz CT molecular complexity index is 756. The van der Waals surface area contributed by atoms with Gasteiger partial charge < -0.3 is 5.32 Å². The van der Waals surface area contributed by atoms with Crippen molar-refractivity contribution in [2.45, 2.75) is 6.92 Å². The number of hydrogen-bond acceptors (Lipinski definition) is 5. The lowest BCUT2D eigenvalue weighted by molar-refractivity contribution is 0.0953. The molecule has 0 unspecified atom stereocenters. The van der Waals surface area contributed by atoms with Crippen molar-refractivity contribution in [2.24, 2.45) is 0 Å². The molecule has 0 saturated carbocycles. The van der Waals surface area contributed by atoms with Crippen LogP contribution in [-0.4, -0.2) is 38.7 Å². The molecule has 2 aromatic heterocycles. The molecule has 0 aliphatic heterocycles. The van der Waals surface area contributed by atoms with Gasteiger partial charge in [-0.2, -0.15) is 11.3 Å². The summed E-state index contributed by atoms with van der Waals surface area (Å²) in [5.74, 6) is -0.267. The van der Waals surface area contributed by atoms with Crippen molar-refractivity contribution in [3.63, 3.8) is 0 Å². The van der Waals surface area contributed by atoms with Gasteiger partial charge in [-0.1, -0.05) is 0 Å². The molecule has 2 aromatic rings. The molecular formula is C14H17N3O3S2. The molecule has 0 spiro atoms. The maximum Gasteiger partial charge on any atom is 0.253 e. The van der Waals surface area contributed by atoms with E-state index in [0.29, 0.717) is 11.3 Å². The molecular weight excluding hydrogens is 322 g/mol. The second-order valence-corrected chi connectivity index (χ2v) is 7.38. The number of hydrogen-bond donors (Lipinski definition) is 2. The zero-order chi connectivity index (χ0) is 16.2. The highest BCUT2D eigenvalue weighted by Crippen LogP contribution is 2.21. The number of carbonyl (C=O) groups excluding carboxylic acids is 1. The van der Waals surface area contributed by atoms with E-state index in [1.807, 2.05) is 16.8 Å². The number of aryl methyl sites for hydroxylation is 1. The Hall–Kier alpha value is -1.77. The summed E-state index contributed by atoms with van der Waals surface area (Å²) >= 11 is 1.59. The van der Waals surface area contributed by atoms with Gasteiger partial charge in [-0.05, 0) is 30.5 Å². The quantitative estimate of drug-likeness (QED) is 0.779. The van der Waals surface area contributed by atoms with Crippen LogP contribution in [0.5, 0.6) is 0 Å². The normalized spacial score (nSPS) is 11.4. The second kappa shape index (κ2) is 6.99. The van der Waals surface area contributed by atoms with Crippen LogP contribution < -0.4 is 10.0 Å². The SMILES string of the molecule is Cc1nc(-c2ccsc2)ccc1C(=O)NCCNS(C)(=O)=O. The van der Waals surface area contributed by atoms with Crippen molar-refractivity contribution in [3.05, 3.63) is 40.2 Å². The van der Waals surface area contributed by atoms with Crippen molar-refractivity contribution in [2.75, 3.05) is 19.3 Å². The van der Waals surface area contributed by atoms with Crippen LogP contribution in [0.15, 0.2) is 29.0 Å². The molecule has 118 valence electrons. The minimum Gasteiger partial charge on any atom is -0.351 e. The molecule has 22 heavy (non-hydrogen) atoms. The third-order valence-corrected chi connectivity index (χ3v) is 4.33. The summed E-state index contributed by atoms with van der Waals surface area (Å²) in [7, 11) is -3.24. The summed E-state index contributed by atoms with van der Waals surface area (Å²) in [6, 6.07) is 5.51. The van der Waals surface area contributed by atoms with Gasteiger partial charge in [0.25, 0.3) is 5.91 Å². The van der Waals surface area contributed by atoms with E-state index in [0.717, 1.165) is 17.5 Å². The minimum absolute atomic E-state index is 0.157. The fraction of sp³-hybridized carbons (Fsp3) is 0.286. The van der Waals surface area contributed by atoms with Crippen LogP contribution in [0.2, 0.25) is 0 Å². The molecule has 2 rings (SSSR count). The number of rotatable bonds is 6. The number of sulfonamides is 1. The van der Waals surface area contributed by atoms with E-state index in [-0.39, 0.29) is 19.0 Å². The van der Waals surface area contributed by atoms with E-state index in [2.05, 4.69) is 15.0 Å². The van der Waals surface area contributed by atoms with Gasteiger partial charge in [0.2, 0.25) is 10.0 Å². The molecule has 0 atom stereocenters. The number of thiophene rings is 1. The van der Waals surface area contributed by atoms with E-state index in [9.17, 15) is 13.2 Å². The Morgan fingerprint density at radius 2 is 2.05 bits per heavy atom. The smallest absolute Gasteiger partial charge is 0.253 e. The van der Waals surface area contributed by atoms with Crippen LogP contribution in [-0.2, 0) is 10.0 Å². The first kappa shape index (κ1) is 16.6. The largest absolute Gasteiger partial charge is 0.351 e. The van der Waals surface area contributed by atoms with Crippen LogP contribution in [0.1, 0.15) is 16.1 Å². The van der Waals surface area contributed by atoms with Crippen molar-refractivity contribution in [1.82, 2.24) is 15.0 Å². The van der Waals surface area contributed by atoms with E-state index < -0.39 is 10.0 Å². The minimum atomic E-state index is -3.24. The fourth-order valence-electron chi connectivity index (χ4n) is 1.88. The Labute approximate surface area is 133 Å². The zero-order valence-corrected chi connectivity index (χ0v) is 13.9. The molecule has 0 aromatic carbocycles. The van der Waals surface area contributed by atoms with E-state index in [4.69, 9.17) is 0 Å². The monoisotopic (exact) mass is 339 g/mol. The third-order valence-electron chi connectivity index (χ3n) is 2.92. The molecule has 8 heteroatoms. The number of aromatic nitrogens is 1. The predicted molar refractivity (Wildman–Crippen MR) is 87.5 cm³/mol. The highest BCUT2D eigenvalue weighted by Gasteiger charge is 2.11. The first-order valence-electron chi connectivity index (χ1n) is 6.60. The third kappa shape index (κ3) is 4.62. The number of pyridine rings is 1. The van der Waals surface area contributed by atoms with Gasteiger partial charge in [0.05, 0.1) is 23.2 Å². The van der Waals surface area contributed by atoms with Crippen LogP contribution in [0.4, 0.5) is 0 Å². The van der Waals surface area contributed by atoms with Gasteiger partial charge in [-0.25, -0.2) is 13.1 Å². The number of amides is 1. The van der Waals surface area contributed by atoms with E-state index in [1.54, 1.807) is 30.4 Å². The van der Waals surface area contributed by atoms with Gasteiger partial charge in [-0.15, -0.1) is 0 Å². The van der Waals surface area contributed by atoms with Gasteiger partial charge in [0, 0.05) is 24.0 Å². The first-order valence-corrected chi connectivity index (χ1v) is 9.43. The van der Waals surface area contributed by atoms with E-state index >= 15 is 0 Å². The van der Waals surface area contributed by atoms with Gasteiger partial charge in [0.1, 0.15) is 0 Å². The lowest BCUT2D eigenvalue weighted by Gasteiger charge is -2.08. The van der Waals surface area contributed by atoms with Crippen molar-refractivity contribution in [1.29, 1.82) is 0 Å². The topological polar surface area (TPSA) is 88.2 Å². The van der Waals surface area contributed by atoms with Gasteiger partial charge >= 0.3 is 0 Å². The fourth-order valence-corrected chi connectivity index (χ4v) is 3.00. The number of carbonyl (C=O) groups is 1. The zero-order valence-electron chi connectivity index (χ0n) is 12.3. The van der Waals surface area contributed by atoms with E-state index in [1.165, 1.54) is 0 Å². The highest BCUT2D eigenvalue weighted by atomic mass is 32.2. The van der Waals surface area contributed by atoms with Crippen LogP contribution >= 0.6 is 11.3 Å². The van der Waals surface area contributed by atoms with Gasteiger partial charge in [0.15, 0.2) is 0 Å². The number of nitrogens with zero attached hydrogens (tertiary/aromatic N) is 1. The Kier molecular flexibility index (Phi) is 5.28. The molecule has 2 N–H and O–H groups in total. The Morgan fingerprint density at radius 3 is 2.64 bits per heavy atom. The van der Waals surface area contributed by atoms with Crippen molar-refractivity contribution in [3.8, 4) is 11.3 Å². The molecule has 0 aliphatic rings. The van der Waals surface area contributed by atoms with Crippen molar-refractivity contribution < 1.29 is 13.2 Å². The summed E-state index contributed by atoms with van der Waals surface area (Å²) in [4.78, 5) is 16.5.